The normalized spacial score (nSPS) is 35.2. The molecule has 0 aromatic heterocycles. The zero-order valence-corrected chi connectivity index (χ0v) is 14.5. The molecule has 0 amide bonds. The van der Waals surface area contributed by atoms with Crippen LogP contribution in [0.4, 0.5) is 0 Å². The van der Waals surface area contributed by atoms with Crippen LogP contribution < -0.4 is 0 Å². The summed E-state index contributed by atoms with van der Waals surface area (Å²) in [7, 11) is 0. The van der Waals surface area contributed by atoms with E-state index in [2.05, 4.69) is 26.0 Å². The molecule has 0 spiro atoms. The average molecular weight is 308 g/mol. The molecule has 3 heteroatoms. The van der Waals surface area contributed by atoms with Gasteiger partial charge in [-0.3, -0.25) is 4.79 Å². The van der Waals surface area contributed by atoms with Gasteiger partial charge in [-0.25, -0.2) is 9.78 Å². The highest BCUT2D eigenvalue weighted by atomic mass is 17.2. The Morgan fingerprint density at radius 3 is 2.73 bits per heavy atom. The van der Waals surface area contributed by atoms with Gasteiger partial charge in [-0.2, -0.15) is 0 Å². The van der Waals surface area contributed by atoms with Crippen LogP contribution in [0.15, 0.2) is 12.2 Å². The molecule has 1 saturated carbocycles. The van der Waals surface area contributed by atoms with E-state index in [1.165, 1.54) is 38.5 Å². The van der Waals surface area contributed by atoms with Crippen LogP contribution >= 0.6 is 0 Å². The largest absolute Gasteiger partial charge is 0.299 e. The first-order valence-electron chi connectivity index (χ1n) is 9.11. The summed E-state index contributed by atoms with van der Waals surface area (Å²) in [4.78, 5) is 23.2. The topological polar surface area (TPSA) is 35.5 Å². The standard InChI is InChI=1S/C19H32O3/c1-4-5-6-7-8-9-10-11-12-19(3)16-13-17(20)15(2)18(14-16)21-22-19/h11-12,15-16,18H,4-10,13-14H2,1-3H3. The van der Waals surface area contributed by atoms with Crippen molar-refractivity contribution in [3.63, 3.8) is 0 Å². The summed E-state index contributed by atoms with van der Waals surface area (Å²) >= 11 is 0. The van der Waals surface area contributed by atoms with Crippen LogP contribution in [0.5, 0.6) is 0 Å². The molecule has 4 unspecified atom stereocenters. The maximum atomic E-state index is 12.0. The van der Waals surface area contributed by atoms with Gasteiger partial charge in [-0.05, 0) is 26.2 Å². The smallest absolute Gasteiger partial charge is 0.138 e. The average Bonchev–Trinajstić information content (AvgIpc) is 2.51. The second-order valence-corrected chi connectivity index (χ2v) is 7.25. The Labute approximate surface area is 135 Å². The van der Waals surface area contributed by atoms with E-state index in [1.807, 2.05) is 6.92 Å². The van der Waals surface area contributed by atoms with Crippen LogP contribution in [0.3, 0.4) is 0 Å². The molecule has 22 heavy (non-hydrogen) atoms. The monoisotopic (exact) mass is 308 g/mol. The number of rotatable bonds is 8. The number of ketones is 1. The Morgan fingerprint density at radius 1 is 1.23 bits per heavy atom. The molecule has 4 atom stereocenters. The highest BCUT2D eigenvalue weighted by molar-refractivity contribution is 5.82. The van der Waals surface area contributed by atoms with Crippen molar-refractivity contribution in [2.24, 2.45) is 11.8 Å². The Hall–Kier alpha value is -0.670. The van der Waals surface area contributed by atoms with Gasteiger partial charge in [-0.15, -0.1) is 0 Å². The summed E-state index contributed by atoms with van der Waals surface area (Å²) in [6.45, 7) is 6.25. The minimum absolute atomic E-state index is 0.0205. The zero-order chi connectivity index (χ0) is 16.0. The Kier molecular flexibility index (Phi) is 6.64. The van der Waals surface area contributed by atoms with Crippen molar-refractivity contribution in [2.45, 2.75) is 90.3 Å². The lowest BCUT2D eigenvalue weighted by molar-refractivity contribution is -0.415. The lowest BCUT2D eigenvalue weighted by Crippen LogP contribution is -2.52. The molecule has 2 fully saturated rings. The minimum atomic E-state index is -0.436. The number of hydrogen-bond donors (Lipinski definition) is 0. The molecule has 3 nitrogen and oxygen atoms in total. The van der Waals surface area contributed by atoms with Crippen LogP contribution in [0.25, 0.3) is 0 Å². The van der Waals surface area contributed by atoms with Gasteiger partial charge >= 0.3 is 0 Å². The van der Waals surface area contributed by atoms with Gasteiger partial charge in [0.1, 0.15) is 17.5 Å². The van der Waals surface area contributed by atoms with E-state index in [4.69, 9.17) is 9.78 Å². The molecular weight excluding hydrogens is 276 g/mol. The number of unbranched alkanes of at least 4 members (excludes halogenated alkanes) is 6. The number of fused-ring (bicyclic) bond motifs is 2. The van der Waals surface area contributed by atoms with E-state index in [1.54, 1.807) is 0 Å². The maximum absolute atomic E-state index is 12.0. The molecule has 1 aliphatic heterocycles. The number of allylic oxidation sites excluding steroid dienone is 1. The van der Waals surface area contributed by atoms with Crippen molar-refractivity contribution in [3.05, 3.63) is 12.2 Å². The molecule has 126 valence electrons. The fourth-order valence-corrected chi connectivity index (χ4v) is 3.52. The molecule has 0 aromatic carbocycles. The van der Waals surface area contributed by atoms with Gasteiger partial charge in [0.15, 0.2) is 0 Å². The molecule has 0 radical (unpaired) electrons. The summed E-state index contributed by atoms with van der Waals surface area (Å²) in [5.41, 5.74) is -0.436. The summed E-state index contributed by atoms with van der Waals surface area (Å²) in [6, 6.07) is 0. The fourth-order valence-electron chi connectivity index (χ4n) is 3.52. The van der Waals surface area contributed by atoms with Gasteiger partial charge in [0.2, 0.25) is 0 Å². The van der Waals surface area contributed by atoms with Gasteiger partial charge in [-0.1, -0.05) is 58.1 Å². The van der Waals surface area contributed by atoms with Crippen molar-refractivity contribution in [1.29, 1.82) is 0 Å². The van der Waals surface area contributed by atoms with Gasteiger partial charge < -0.3 is 0 Å². The first-order chi connectivity index (χ1) is 10.6. The Balaban J connectivity index is 1.74. The number of carbonyl (C=O) groups excluding carboxylic acids is 1. The maximum Gasteiger partial charge on any atom is 0.138 e. The fraction of sp³-hybridized carbons (Fsp3) is 0.842. The third kappa shape index (κ3) is 4.42. The van der Waals surface area contributed by atoms with Gasteiger partial charge in [0.25, 0.3) is 0 Å². The van der Waals surface area contributed by atoms with Crippen LogP contribution in [-0.2, 0) is 14.6 Å². The van der Waals surface area contributed by atoms with E-state index < -0.39 is 5.60 Å². The molecule has 1 heterocycles. The lowest BCUT2D eigenvalue weighted by atomic mass is 9.71. The highest BCUT2D eigenvalue weighted by Crippen LogP contribution is 2.42. The van der Waals surface area contributed by atoms with Crippen LogP contribution in [0.1, 0.15) is 78.6 Å². The van der Waals surface area contributed by atoms with Crippen molar-refractivity contribution >= 4 is 5.78 Å². The molecule has 1 aliphatic carbocycles. The number of Topliss-reactive ketones (excluding diaryl/α,β-unsaturated/α-hetero) is 1. The van der Waals surface area contributed by atoms with Crippen LogP contribution in [-0.4, -0.2) is 17.5 Å². The van der Waals surface area contributed by atoms with E-state index in [-0.39, 0.29) is 17.9 Å². The summed E-state index contributed by atoms with van der Waals surface area (Å²) in [5, 5.41) is 0. The van der Waals surface area contributed by atoms with E-state index in [0.29, 0.717) is 12.2 Å². The molecule has 1 saturated heterocycles. The van der Waals surface area contributed by atoms with Gasteiger partial charge in [0.05, 0.1) is 0 Å². The molecule has 0 N–H and O–H groups in total. The summed E-state index contributed by atoms with van der Waals surface area (Å²) < 4.78 is 0. The number of hydrogen-bond acceptors (Lipinski definition) is 3. The van der Waals surface area contributed by atoms with Crippen molar-refractivity contribution in [2.75, 3.05) is 0 Å². The lowest BCUT2D eigenvalue weighted by Gasteiger charge is -2.45. The van der Waals surface area contributed by atoms with E-state index in [9.17, 15) is 4.79 Å². The quantitative estimate of drug-likeness (QED) is 0.360. The molecule has 0 aromatic rings. The third-order valence-corrected chi connectivity index (χ3v) is 5.36. The van der Waals surface area contributed by atoms with Crippen molar-refractivity contribution in [1.82, 2.24) is 0 Å². The number of carbonyl (C=O) groups is 1. The predicted octanol–water partition coefficient (Wildman–Crippen LogP) is 5.00. The zero-order valence-electron chi connectivity index (χ0n) is 14.5. The van der Waals surface area contributed by atoms with Crippen molar-refractivity contribution < 1.29 is 14.6 Å². The predicted molar refractivity (Wildman–Crippen MR) is 88.4 cm³/mol. The summed E-state index contributed by atoms with van der Waals surface area (Å²) in [5.74, 6) is 0.559. The first-order valence-corrected chi connectivity index (χ1v) is 9.11. The Morgan fingerprint density at radius 2 is 1.95 bits per heavy atom. The molecule has 2 aliphatic rings. The summed E-state index contributed by atoms with van der Waals surface area (Å²) in [6.07, 6.45) is 14.8. The first kappa shape index (κ1) is 17.7. The second-order valence-electron chi connectivity index (χ2n) is 7.25. The molecular formula is C19H32O3. The van der Waals surface area contributed by atoms with Crippen molar-refractivity contribution in [3.8, 4) is 0 Å². The van der Waals surface area contributed by atoms with E-state index >= 15 is 0 Å². The van der Waals surface area contributed by atoms with Crippen LogP contribution in [0, 0.1) is 11.8 Å². The highest BCUT2D eigenvalue weighted by Gasteiger charge is 2.48. The Bertz CT molecular complexity index is 390. The minimum Gasteiger partial charge on any atom is -0.299 e. The SMILES string of the molecule is CCCCCCCCC=CC1(C)OOC2CC1CC(=O)C2C. The van der Waals surface area contributed by atoms with Crippen LogP contribution in [0.2, 0.25) is 0 Å². The third-order valence-electron chi connectivity index (χ3n) is 5.36. The molecule has 2 bridgehead atoms. The second kappa shape index (κ2) is 8.26. The van der Waals surface area contributed by atoms with Gasteiger partial charge in [0, 0.05) is 18.3 Å². The molecule has 2 rings (SSSR count). The van der Waals surface area contributed by atoms with E-state index in [0.717, 1.165) is 12.8 Å².